The minimum atomic E-state index is 0.480. The number of methoxy groups -OCH3 is 1. The van der Waals surface area contributed by atoms with Gasteiger partial charge in [0.05, 0.1) is 6.61 Å². The minimum Gasteiger partial charge on any atom is -0.383 e. The van der Waals surface area contributed by atoms with E-state index in [1.807, 2.05) is 7.11 Å². The molecule has 0 unspecified atom stereocenters. The lowest BCUT2D eigenvalue weighted by Gasteiger charge is -2.40. The van der Waals surface area contributed by atoms with Gasteiger partial charge in [-0.1, -0.05) is 6.07 Å². The number of aryl methyl sites for hydroxylation is 1. The van der Waals surface area contributed by atoms with Crippen LogP contribution in [0.3, 0.4) is 0 Å². The van der Waals surface area contributed by atoms with Crippen molar-refractivity contribution in [3.63, 3.8) is 0 Å². The molecule has 3 heterocycles. The van der Waals surface area contributed by atoms with Crippen LogP contribution in [0.4, 0.5) is 5.82 Å². The zero-order valence-corrected chi connectivity index (χ0v) is 15.1. The highest BCUT2D eigenvalue weighted by Crippen LogP contribution is 2.44. The van der Waals surface area contributed by atoms with Crippen molar-refractivity contribution in [3.05, 3.63) is 23.9 Å². The monoisotopic (exact) mass is 317 g/mol. The maximum Gasteiger partial charge on any atom is 0.128 e. The number of pyridine rings is 1. The number of hydrogen-bond donors (Lipinski definition) is 0. The number of piperidine rings is 1. The highest BCUT2D eigenvalue weighted by Gasteiger charge is 2.46. The van der Waals surface area contributed by atoms with Crippen molar-refractivity contribution in [2.45, 2.75) is 52.1 Å². The third-order valence-corrected chi connectivity index (χ3v) is 5.70. The number of hydrogen-bond acceptors (Lipinski definition) is 4. The van der Waals surface area contributed by atoms with E-state index in [0.29, 0.717) is 17.5 Å². The molecular weight excluding hydrogens is 286 g/mol. The molecule has 4 heteroatoms. The Balaban J connectivity index is 1.66. The van der Waals surface area contributed by atoms with Gasteiger partial charge in [0.1, 0.15) is 5.82 Å². The summed E-state index contributed by atoms with van der Waals surface area (Å²) in [6, 6.07) is 7.53. The summed E-state index contributed by atoms with van der Waals surface area (Å²) in [5.74, 6) is 1.15. The van der Waals surface area contributed by atoms with E-state index >= 15 is 0 Å². The van der Waals surface area contributed by atoms with Gasteiger partial charge < -0.3 is 9.64 Å². The molecule has 2 aliphatic heterocycles. The molecule has 4 nitrogen and oxygen atoms in total. The summed E-state index contributed by atoms with van der Waals surface area (Å²) in [5, 5.41) is 0. The van der Waals surface area contributed by atoms with Gasteiger partial charge in [-0.15, -0.1) is 0 Å². The number of rotatable bonds is 4. The Labute approximate surface area is 140 Å². The summed E-state index contributed by atoms with van der Waals surface area (Å²) in [5.41, 5.74) is 1.59. The van der Waals surface area contributed by atoms with E-state index in [4.69, 9.17) is 9.72 Å². The highest BCUT2D eigenvalue weighted by molar-refractivity contribution is 5.39. The Morgan fingerprint density at radius 1 is 1.30 bits per heavy atom. The van der Waals surface area contributed by atoms with Gasteiger partial charge in [-0.2, -0.15) is 0 Å². The summed E-state index contributed by atoms with van der Waals surface area (Å²) in [6.07, 6.45) is 3.83. The molecule has 128 valence electrons. The van der Waals surface area contributed by atoms with E-state index in [0.717, 1.165) is 31.2 Å². The molecule has 0 aromatic carbocycles. The zero-order valence-electron chi connectivity index (χ0n) is 15.1. The van der Waals surface area contributed by atoms with Crippen LogP contribution in [-0.2, 0) is 4.74 Å². The third-order valence-electron chi connectivity index (χ3n) is 5.70. The van der Waals surface area contributed by atoms with E-state index < -0.39 is 0 Å². The van der Waals surface area contributed by atoms with Gasteiger partial charge in [0.25, 0.3) is 0 Å². The molecule has 1 spiro atoms. The Morgan fingerprint density at radius 3 is 2.65 bits per heavy atom. The third kappa shape index (κ3) is 3.53. The lowest BCUT2D eigenvalue weighted by atomic mass is 9.76. The second-order valence-electron chi connectivity index (χ2n) is 7.70. The number of likely N-dealkylation sites (tertiary alicyclic amines) is 1. The van der Waals surface area contributed by atoms with Gasteiger partial charge in [0, 0.05) is 44.5 Å². The van der Waals surface area contributed by atoms with Crippen LogP contribution in [0.25, 0.3) is 0 Å². The second kappa shape index (κ2) is 6.78. The summed E-state index contributed by atoms with van der Waals surface area (Å²) in [4.78, 5) is 9.81. The fourth-order valence-electron chi connectivity index (χ4n) is 4.43. The predicted molar refractivity (Wildman–Crippen MR) is 95.0 cm³/mol. The van der Waals surface area contributed by atoms with Crippen molar-refractivity contribution >= 4 is 5.82 Å². The summed E-state index contributed by atoms with van der Waals surface area (Å²) in [6.45, 7) is 11.0. The van der Waals surface area contributed by atoms with Crippen molar-refractivity contribution < 1.29 is 4.74 Å². The fourth-order valence-corrected chi connectivity index (χ4v) is 4.43. The molecular formula is C19H31N3O. The lowest BCUT2D eigenvalue weighted by molar-refractivity contribution is 0.0975. The van der Waals surface area contributed by atoms with Crippen molar-refractivity contribution in [2.24, 2.45) is 5.41 Å². The van der Waals surface area contributed by atoms with Crippen LogP contribution in [0, 0.1) is 12.3 Å². The molecule has 0 aliphatic carbocycles. The fraction of sp³-hybridized carbons (Fsp3) is 0.737. The average molecular weight is 317 g/mol. The molecule has 23 heavy (non-hydrogen) atoms. The van der Waals surface area contributed by atoms with Crippen molar-refractivity contribution in [1.82, 2.24) is 9.88 Å². The van der Waals surface area contributed by atoms with Crippen LogP contribution < -0.4 is 4.90 Å². The Kier molecular flexibility index (Phi) is 4.93. The number of ether oxygens (including phenoxy) is 1. The van der Waals surface area contributed by atoms with Crippen LogP contribution in [0.5, 0.6) is 0 Å². The molecule has 2 saturated heterocycles. The van der Waals surface area contributed by atoms with E-state index in [1.54, 1.807) is 0 Å². The smallest absolute Gasteiger partial charge is 0.128 e. The first-order valence-electron chi connectivity index (χ1n) is 8.96. The first kappa shape index (κ1) is 16.7. The molecule has 3 rings (SSSR count). The average Bonchev–Trinajstić information content (AvgIpc) is 2.87. The van der Waals surface area contributed by atoms with Crippen LogP contribution in [0.2, 0.25) is 0 Å². The first-order chi connectivity index (χ1) is 11.0. The van der Waals surface area contributed by atoms with Crippen molar-refractivity contribution in [3.8, 4) is 0 Å². The molecule has 2 fully saturated rings. The van der Waals surface area contributed by atoms with Gasteiger partial charge in [-0.05, 0) is 57.6 Å². The highest BCUT2D eigenvalue weighted by atomic mass is 16.5. The topological polar surface area (TPSA) is 28.6 Å². The van der Waals surface area contributed by atoms with E-state index in [1.165, 1.54) is 25.8 Å². The van der Waals surface area contributed by atoms with Crippen molar-refractivity contribution in [1.29, 1.82) is 0 Å². The standard InChI is InChI=1S/C19H31N3O/c1-15(2)22-14-19(12-17(22)13-23-4)8-10-21(11-9-19)18-7-5-6-16(3)20-18/h5-7,15,17H,8-14H2,1-4H3/t17-/m1/s1. The molecule has 1 atom stereocenters. The molecule has 0 N–H and O–H groups in total. The lowest BCUT2D eigenvalue weighted by Crippen LogP contribution is -2.43. The quantitative estimate of drug-likeness (QED) is 0.853. The molecule has 0 amide bonds. The summed E-state index contributed by atoms with van der Waals surface area (Å²) in [7, 11) is 1.83. The van der Waals surface area contributed by atoms with Gasteiger partial charge in [-0.25, -0.2) is 4.98 Å². The van der Waals surface area contributed by atoms with Gasteiger partial charge in [0.15, 0.2) is 0 Å². The van der Waals surface area contributed by atoms with E-state index in [2.05, 4.69) is 48.8 Å². The normalized spacial score (nSPS) is 24.7. The SMILES string of the molecule is COC[C@H]1CC2(CCN(c3cccc(C)n3)CC2)CN1C(C)C. The molecule has 1 aromatic heterocycles. The van der Waals surface area contributed by atoms with Gasteiger partial charge in [-0.3, -0.25) is 4.90 Å². The number of anilines is 1. The largest absolute Gasteiger partial charge is 0.383 e. The maximum absolute atomic E-state index is 5.48. The molecule has 1 aromatic rings. The predicted octanol–water partition coefficient (Wildman–Crippen LogP) is 3.11. The van der Waals surface area contributed by atoms with Gasteiger partial charge >= 0.3 is 0 Å². The molecule has 0 bridgehead atoms. The number of aromatic nitrogens is 1. The minimum absolute atomic E-state index is 0.480. The van der Waals surface area contributed by atoms with Crippen LogP contribution in [0.1, 0.15) is 38.8 Å². The Hall–Kier alpha value is -1.13. The first-order valence-corrected chi connectivity index (χ1v) is 8.96. The summed E-state index contributed by atoms with van der Waals surface area (Å²) < 4.78 is 5.48. The van der Waals surface area contributed by atoms with Crippen LogP contribution >= 0.6 is 0 Å². The van der Waals surface area contributed by atoms with E-state index in [9.17, 15) is 0 Å². The molecule has 0 saturated carbocycles. The van der Waals surface area contributed by atoms with Crippen molar-refractivity contribution in [2.75, 3.05) is 38.3 Å². The van der Waals surface area contributed by atoms with E-state index in [-0.39, 0.29) is 0 Å². The maximum atomic E-state index is 5.48. The summed E-state index contributed by atoms with van der Waals surface area (Å²) >= 11 is 0. The Bertz CT molecular complexity index is 523. The number of nitrogens with zero attached hydrogens (tertiary/aromatic N) is 3. The van der Waals surface area contributed by atoms with Gasteiger partial charge in [0.2, 0.25) is 0 Å². The molecule has 2 aliphatic rings. The zero-order chi connectivity index (χ0) is 16.4. The van der Waals surface area contributed by atoms with Crippen LogP contribution in [0.15, 0.2) is 18.2 Å². The second-order valence-corrected chi connectivity index (χ2v) is 7.70. The Morgan fingerprint density at radius 2 is 2.04 bits per heavy atom. The van der Waals surface area contributed by atoms with Crippen LogP contribution in [-0.4, -0.2) is 55.3 Å². The molecule has 0 radical (unpaired) electrons.